The van der Waals surface area contributed by atoms with Crippen LogP contribution in [0.25, 0.3) is 22.3 Å². The molecule has 0 aliphatic rings. The van der Waals surface area contributed by atoms with Gasteiger partial charge in [-0.2, -0.15) is 0 Å². The largest absolute Gasteiger partial charge is 0.488 e. The molecule has 4 heteroatoms. The number of carboxylic acid groups (broad SMARTS) is 1. The minimum absolute atomic E-state index is 0.00763. The summed E-state index contributed by atoms with van der Waals surface area (Å²) in [5, 5.41) is 9.64. The summed E-state index contributed by atoms with van der Waals surface area (Å²) in [6, 6.07) is 31.3. The van der Waals surface area contributed by atoms with Crippen molar-refractivity contribution in [3.8, 4) is 28.0 Å². The Labute approximate surface area is 186 Å². The second-order valence-corrected chi connectivity index (χ2v) is 7.66. The first kappa shape index (κ1) is 20.7. The molecule has 0 atom stereocenters. The summed E-state index contributed by atoms with van der Waals surface area (Å²) in [5.74, 6) is -0.0875. The number of rotatable bonds is 7. The van der Waals surface area contributed by atoms with Crippen molar-refractivity contribution in [3.05, 3.63) is 113 Å². The number of aliphatic carboxylic acids is 1. The molecular formula is C27H21ClO3. The molecule has 4 aromatic rings. The van der Waals surface area contributed by atoms with E-state index in [9.17, 15) is 4.79 Å². The fourth-order valence-corrected chi connectivity index (χ4v) is 3.69. The van der Waals surface area contributed by atoms with E-state index in [0.29, 0.717) is 11.6 Å². The quantitative estimate of drug-likeness (QED) is 0.349. The molecule has 3 nitrogen and oxygen atoms in total. The first-order valence-corrected chi connectivity index (χ1v) is 10.3. The smallest absolute Gasteiger partial charge is 0.307 e. The highest BCUT2D eigenvalue weighted by Crippen LogP contribution is 2.39. The van der Waals surface area contributed by atoms with Crippen molar-refractivity contribution in [2.45, 2.75) is 13.0 Å². The molecule has 0 aromatic heterocycles. The SMILES string of the molecule is O=C(O)Cc1ccc(-c2ccccc2-c2cc(Cl)ccc2OCc2ccccc2)cc1. The maximum absolute atomic E-state index is 11.0. The summed E-state index contributed by atoms with van der Waals surface area (Å²) in [6.45, 7) is 0.460. The lowest BCUT2D eigenvalue weighted by Crippen LogP contribution is -1.99. The molecule has 4 aromatic carbocycles. The van der Waals surface area contributed by atoms with Crippen LogP contribution < -0.4 is 4.74 Å². The number of halogens is 1. The average molecular weight is 429 g/mol. The molecule has 0 radical (unpaired) electrons. The standard InChI is InChI=1S/C27H21ClO3/c28-22-14-15-26(31-18-20-6-2-1-3-7-20)25(17-22)24-9-5-4-8-23(24)21-12-10-19(11-13-21)16-27(29)30/h1-15,17H,16,18H2,(H,29,30). The van der Waals surface area contributed by atoms with Gasteiger partial charge in [0, 0.05) is 10.6 Å². The molecule has 0 bridgehead atoms. The molecule has 0 spiro atoms. The Balaban J connectivity index is 1.70. The normalized spacial score (nSPS) is 10.6. The lowest BCUT2D eigenvalue weighted by atomic mass is 9.93. The lowest BCUT2D eigenvalue weighted by molar-refractivity contribution is -0.136. The van der Waals surface area contributed by atoms with Crippen LogP contribution in [0.1, 0.15) is 11.1 Å². The van der Waals surface area contributed by atoms with E-state index in [1.54, 1.807) is 0 Å². The Morgan fingerprint density at radius 1 is 0.742 bits per heavy atom. The molecule has 0 saturated heterocycles. The molecule has 0 fully saturated rings. The fraction of sp³-hybridized carbons (Fsp3) is 0.0741. The highest BCUT2D eigenvalue weighted by molar-refractivity contribution is 6.31. The highest BCUT2D eigenvalue weighted by Gasteiger charge is 2.13. The molecule has 0 amide bonds. The highest BCUT2D eigenvalue weighted by atomic mass is 35.5. The number of hydrogen-bond acceptors (Lipinski definition) is 2. The minimum atomic E-state index is -0.840. The number of hydrogen-bond donors (Lipinski definition) is 1. The van der Waals surface area contributed by atoms with Gasteiger partial charge in [0.05, 0.1) is 6.42 Å². The molecule has 31 heavy (non-hydrogen) atoms. The van der Waals surface area contributed by atoms with Gasteiger partial charge in [0.1, 0.15) is 12.4 Å². The van der Waals surface area contributed by atoms with E-state index in [1.165, 1.54) is 0 Å². The Morgan fingerprint density at radius 3 is 2.13 bits per heavy atom. The van der Waals surface area contributed by atoms with Crippen molar-refractivity contribution >= 4 is 17.6 Å². The average Bonchev–Trinajstić information content (AvgIpc) is 2.79. The molecule has 0 aliphatic carbocycles. The van der Waals surface area contributed by atoms with E-state index < -0.39 is 5.97 Å². The van der Waals surface area contributed by atoms with Gasteiger partial charge in [-0.3, -0.25) is 4.79 Å². The predicted molar refractivity (Wildman–Crippen MR) is 124 cm³/mol. The molecule has 0 unspecified atom stereocenters. The third-order valence-corrected chi connectivity index (χ3v) is 5.25. The van der Waals surface area contributed by atoms with Crippen molar-refractivity contribution < 1.29 is 14.6 Å². The van der Waals surface area contributed by atoms with Crippen LogP contribution in [0.5, 0.6) is 5.75 Å². The van der Waals surface area contributed by atoms with Gasteiger partial charge in [-0.05, 0) is 46.0 Å². The van der Waals surface area contributed by atoms with Crippen LogP contribution in [-0.4, -0.2) is 11.1 Å². The van der Waals surface area contributed by atoms with E-state index in [1.807, 2.05) is 97.1 Å². The van der Waals surface area contributed by atoms with Crippen LogP contribution in [0.4, 0.5) is 0 Å². The maximum Gasteiger partial charge on any atom is 0.307 e. The molecule has 4 rings (SSSR count). The third kappa shape index (κ3) is 5.14. The number of carbonyl (C=O) groups is 1. The number of carboxylic acids is 1. The van der Waals surface area contributed by atoms with E-state index in [2.05, 4.69) is 0 Å². The van der Waals surface area contributed by atoms with Gasteiger partial charge >= 0.3 is 5.97 Å². The van der Waals surface area contributed by atoms with E-state index in [0.717, 1.165) is 39.1 Å². The molecule has 0 saturated carbocycles. The Kier molecular flexibility index (Phi) is 6.34. The van der Waals surface area contributed by atoms with Crippen LogP contribution in [0, 0.1) is 0 Å². The second-order valence-electron chi connectivity index (χ2n) is 7.23. The van der Waals surface area contributed by atoms with Gasteiger partial charge in [-0.1, -0.05) is 90.5 Å². The second kappa shape index (κ2) is 9.50. The van der Waals surface area contributed by atoms with Crippen LogP contribution in [0.3, 0.4) is 0 Å². The summed E-state index contributed by atoms with van der Waals surface area (Å²) in [4.78, 5) is 11.0. The number of benzene rings is 4. The van der Waals surface area contributed by atoms with Crippen molar-refractivity contribution in [2.24, 2.45) is 0 Å². The Bertz CT molecular complexity index is 1180. The van der Waals surface area contributed by atoms with Crippen LogP contribution >= 0.6 is 11.6 Å². The van der Waals surface area contributed by atoms with Gasteiger partial charge in [0.15, 0.2) is 0 Å². The van der Waals surface area contributed by atoms with Gasteiger partial charge < -0.3 is 9.84 Å². The zero-order valence-electron chi connectivity index (χ0n) is 16.8. The van der Waals surface area contributed by atoms with Crippen molar-refractivity contribution in [1.29, 1.82) is 0 Å². The molecule has 154 valence electrons. The summed E-state index contributed by atoms with van der Waals surface area (Å²) >= 11 is 6.34. The zero-order chi connectivity index (χ0) is 21.6. The summed E-state index contributed by atoms with van der Waals surface area (Å²) < 4.78 is 6.16. The molecule has 0 aliphatic heterocycles. The van der Waals surface area contributed by atoms with Crippen molar-refractivity contribution in [3.63, 3.8) is 0 Å². The molecule has 0 heterocycles. The monoisotopic (exact) mass is 428 g/mol. The third-order valence-electron chi connectivity index (χ3n) is 5.02. The van der Waals surface area contributed by atoms with Gasteiger partial charge in [0.25, 0.3) is 0 Å². The first-order valence-electron chi connectivity index (χ1n) is 9.97. The predicted octanol–water partition coefficient (Wildman–Crippen LogP) is 6.88. The Hall–Kier alpha value is -3.56. The fourth-order valence-electron chi connectivity index (χ4n) is 3.52. The van der Waals surface area contributed by atoms with E-state index in [4.69, 9.17) is 21.4 Å². The summed E-state index contributed by atoms with van der Waals surface area (Å²) in [5.41, 5.74) is 5.79. The topological polar surface area (TPSA) is 46.5 Å². The lowest BCUT2D eigenvalue weighted by Gasteiger charge is -2.16. The van der Waals surface area contributed by atoms with Gasteiger partial charge in [-0.15, -0.1) is 0 Å². The van der Waals surface area contributed by atoms with E-state index in [-0.39, 0.29) is 6.42 Å². The van der Waals surface area contributed by atoms with E-state index >= 15 is 0 Å². The minimum Gasteiger partial charge on any atom is -0.488 e. The van der Waals surface area contributed by atoms with Crippen molar-refractivity contribution in [1.82, 2.24) is 0 Å². The van der Waals surface area contributed by atoms with Crippen molar-refractivity contribution in [2.75, 3.05) is 0 Å². The maximum atomic E-state index is 11.0. The zero-order valence-corrected chi connectivity index (χ0v) is 17.5. The number of ether oxygens (including phenoxy) is 1. The van der Waals surface area contributed by atoms with Crippen LogP contribution in [-0.2, 0) is 17.8 Å². The molecular weight excluding hydrogens is 408 g/mol. The summed E-state index contributed by atoms with van der Waals surface area (Å²) in [6.07, 6.45) is 0.00763. The first-order chi connectivity index (χ1) is 15.1. The Morgan fingerprint density at radius 2 is 1.42 bits per heavy atom. The van der Waals surface area contributed by atoms with Gasteiger partial charge in [0.2, 0.25) is 0 Å². The van der Waals surface area contributed by atoms with Gasteiger partial charge in [-0.25, -0.2) is 0 Å². The van der Waals surface area contributed by atoms with Crippen LogP contribution in [0.15, 0.2) is 97.1 Å². The molecule has 1 N–H and O–H groups in total. The summed E-state index contributed by atoms with van der Waals surface area (Å²) in [7, 11) is 0. The van der Waals surface area contributed by atoms with Crippen LogP contribution in [0.2, 0.25) is 5.02 Å².